The number of hydrogen-bond acceptors (Lipinski definition) is 3. The summed E-state index contributed by atoms with van der Waals surface area (Å²) < 4.78 is 46.5. The molecule has 0 N–H and O–H groups in total. The quantitative estimate of drug-likeness (QED) is 0.623. The Hall–Kier alpha value is -3.09. The van der Waals surface area contributed by atoms with E-state index in [9.17, 15) is 18.0 Å². The molecule has 1 heterocycles. The molecule has 0 saturated heterocycles. The summed E-state index contributed by atoms with van der Waals surface area (Å²) in [6.45, 7) is 2.17. The third-order valence-electron chi connectivity index (χ3n) is 4.49. The van der Waals surface area contributed by atoms with Crippen molar-refractivity contribution in [1.29, 1.82) is 0 Å². The number of hydrogen-bond donors (Lipinski definition) is 0. The van der Waals surface area contributed by atoms with Gasteiger partial charge in [0.1, 0.15) is 5.75 Å². The Morgan fingerprint density at radius 2 is 1.79 bits per heavy atom. The second kappa shape index (κ2) is 7.88. The molecule has 1 aromatic heterocycles. The van der Waals surface area contributed by atoms with Crippen LogP contribution in [0.4, 0.5) is 13.2 Å². The van der Waals surface area contributed by atoms with Gasteiger partial charge in [-0.3, -0.25) is 9.78 Å². The molecule has 2 aromatic carbocycles. The highest BCUT2D eigenvalue weighted by molar-refractivity contribution is 6.00. The number of fused-ring (bicyclic) bond motifs is 1. The molecule has 4 nitrogen and oxygen atoms in total. The van der Waals surface area contributed by atoms with Crippen LogP contribution < -0.4 is 4.74 Å². The minimum atomic E-state index is -4.67. The number of rotatable bonds is 5. The lowest BCUT2D eigenvalue weighted by molar-refractivity contribution is -0.136. The Labute approximate surface area is 160 Å². The summed E-state index contributed by atoms with van der Waals surface area (Å²) in [6, 6.07) is 13.0. The fourth-order valence-corrected chi connectivity index (χ4v) is 3.06. The van der Waals surface area contributed by atoms with Gasteiger partial charge in [0.2, 0.25) is 0 Å². The molecule has 0 unspecified atom stereocenters. The van der Waals surface area contributed by atoms with Crippen LogP contribution in [-0.2, 0) is 12.7 Å². The lowest BCUT2D eigenvalue weighted by atomic mass is 10.0. The lowest BCUT2D eigenvalue weighted by Gasteiger charge is -2.23. The normalized spacial score (nSPS) is 11.5. The lowest BCUT2D eigenvalue weighted by Crippen LogP contribution is -2.32. The van der Waals surface area contributed by atoms with Gasteiger partial charge in [-0.2, -0.15) is 13.2 Å². The molecule has 0 aliphatic heterocycles. The van der Waals surface area contributed by atoms with E-state index in [2.05, 4.69) is 4.98 Å². The number of carbonyl (C=O) groups excluding carboxylic acids is 1. The number of methoxy groups -OCH3 is 1. The molecule has 7 heteroatoms. The number of para-hydroxylation sites is 1. The fraction of sp³-hybridized carbons (Fsp3) is 0.238. The Balaban J connectivity index is 2.00. The van der Waals surface area contributed by atoms with E-state index in [-0.39, 0.29) is 24.0 Å². The SMILES string of the molecule is CCN(Cc1ccc(OC)cc1)C(=O)c1cnc2ccccc2c1C(F)(F)F. The molecule has 0 bridgehead atoms. The minimum Gasteiger partial charge on any atom is -0.497 e. The van der Waals surface area contributed by atoms with E-state index in [4.69, 9.17) is 4.74 Å². The van der Waals surface area contributed by atoms with Crippen molar-refractivity contribution < 1.29 is 22.7 Å². The van der Waals surface area contributed by atoms with Gasteiger partial charge in [-0.25, -0.2) is 0 Å². The van der Waals surface area contributed by atoms with Gasteiger partial charge in [0.05, 0.1) is 23.8 Å². The number of carbonyl (C=O) groups is 1. The topological polar surface area (TPSA) is 42.4 Å². The van der Waals surface area contributed by atoms with Gasteiger partial charge in [0.25, 0.3) is 5.91 Å². The van der Waals surface area contributed by atoms with Crippen LogP contribution in [0, 0.1) is 0 Å². The first-order valence-electron chi connectivity index (χ1n) is 8.72. The number of benzene rings is 2. The number of amides is 1. The Kier molecular flexibility index (Phi) is 5.53. The van der Waals surface area contributed by atoms with Crippen molar-refractivity contribution >= 4 is 16.8 Å². The molecule has 0 spiro atoms. The smallest absolute Gasteiger partial charge is 0.417 e. The average molecular weight is 388 g/mol. The molecule has 0 aliphatic carbocycles. The third-order valence-corrected chi connectivity index (χ3v) is 4.49. The highest BCUT2D eigenvalue weighted by atomic mass is 19.4. The first kappa shape index (κ1) is 19.7. The van der Waals surface area contributed by atoms with Crippen molar-refractivity contribution in [1.82, 2.24) is 9.88 Å². The van der Waals surface area contributed by atoms with E-state index in [1.165, 1.54) is 23.1 Å². The fourth-order valence-electron chi connectivity index (χ4n) is 3.06. The Morgan fingerprint density at radius 1 is 1.11 bits per heavy atom. The number of pyridine rings is 1. The van der Waals surface area contributed by atoms with E-state index < -0.39 is 23.2 Å². The molecule has 0 radical (unpaired) electrons. The van der Waals surface area contributed by atoms with Crippen molar-refractivity contribution in [2.45, 2.75) is 19.6 Å². The zero-order valence-corrected chi connectivity index (χ0v) is 15.5. The van der Waals surface area contributed by atoms with Crippen molar-refractivity contribution in [3.05, 3.63) is 71.4 Å². The number of alkyl halides is 3. The summed E-state index contributed by atoms with van der Waals surface area (Å²) in [6.07, 6.45) is -3.66. The van der Waals surface area contributed by atoms with Gasteiger partial charge < -0.3 is 9.64 Å². The molecule has 3 rings (SSSR count). The van der Waals surface area contributed by atoms with Gasteiger partial charge in [0.15, 0.2) is 0 Å². The van der Waals surface area contributed by atoms with Crippen LogP contribution in [0.2, 0.25) is 0 Å². The summed E-state index contributed by atoms with van der Waals surface area (Å²) in [5.41, 5.74) is -0.402. The average Bonchev–Trinajstić information content (AvgIpc) is 2.70. The molecule has 3 aromatic rings. The first-order chi connectivity index (χ1) is 13.3. The Bertz CT molecular complexity index is 985. The Morgan fingerprint density at radius 3 is 2.39 bits per heavy atom. The van der Waals surface area contributed by atoms with Crippen LogP contribution >= 0.6 is 0 Å². The summed E-state index contributed by atoms with van der Waals surface area (Å²) in [5, 5.41) is -0.0821. The maximum absolute atomic E-state index is 13.8. The number of halogens is 3. The molecule has 0 saturated carbocycles. The van der Waals surface area contributed by atoms with Crippen LogP contribution in [0.3, 0.4) is 0 Å². The maximum atomic E-state index is 13.8. The molecule has 1 amide bonds. The molecular weight excluding hydrogens is 369 g/mol. The van der Waals surface area contributed by atoms with Crippen molar-refractivity contribution in [3.8, 4) is 5.75 Å². The van der Waals surface area contributed by atoms with E-state index in [1.807, 2.05) is 0 Å². The largest absolute Gasteiger partial charge is 0.497 e. The molecular formula is C21H19F3N2O2. The summed E-state index contributed by atoms with van der Waals surface area (Å²) in [4.78, 5) is 18.4. The van der Waals surface area contributed by atoms with Gasteiger partial charge in [0, 0.05) is 24.7 Å². The van der Waals surface area contributed by atoms with E-state index in [0.717, 1.165) is 11.8 Å². The summed E-state index contributed by atoms with van der Waals surface area (Å²) >= 11 is 0. The zero-order valence-electron chi connectivity index (χ0n) is 15.5. The van der Waals surface area contributed by atoms with Gasteiger partial charge in [-0.15, -0.1) is 0 Å². The second-order valence-corrected chi connectivity index (χ2v) is 6.23. The number of nitrogens with zero attached hydrogens (tertiary/aromatic N) is 2. The van der Waals surface area contributed by atoms with Crippen molar-refractivity contribution in [2.75, 3.05) is 13.7 Å². The molecule has 28 heavy (non-hydrogen) atoms. The zero-order chi connectivity index (χ0) is 20.3. The van der Waals surface area contributed by atoms with E-state index in [1.54, 1.807) is 44.4 Å². The standard InChI is InChI=1S/C21H19F3N2O2/c1-3-26(13-14-8-10-15(28-2)11-9-14)20(27)17-12-25-18-7-5-4-6-16(18)19(17)21(22,23)24/h4-12H,3,13H2,1-2H3. The van der Waals surface area contributed by atoms with Gasteiger partial charge >= 0.3 is 6.18 Å². The van der Waals surface area contributed by atoms with Crippen LogP contribution in [0.1, 0.15) is 28.4 Å². The number of ether oxygens (including phenoxy) is 1. The van der Waals surface area contributed by atoms with Gasteiger partial charge in [-0.1, -0.05) is 30.3 Å². The molecule has 0 fully saturated rings. The predicted molar refractivity (Wildman–Crippen MR) is 100 cm³/mol. The number of aromatic nitrogens is 1. The summed E-state index contributed by atoms with van der Waals surface area (Å²) in [5.74, 6) is -0.0416. The first-order valence-corrected chi connectivity index (χ1v) is 8.72. The molecule has 0 atom stereocenters. The maximum Gasteiger partial charge on any atom is 0.417 e. The van der Waals surface area contributed by atoms with Gasteiger partial charge in [-0.05, 0) is 30.7 Å². The highest BCUT2D eigenvalue weighted by Crippen LogP contribution is 2.37. The minimum absolute atomic E-state index is 0.0821. The monoisotopic (exact) mass is 388 g/mol. The van der Waals surface area contributed by atoms with Crippen molar-refractivity contribution in [2.24, 2.45) is 0 Å². The van der Waals surface area contributed by atoms with E-state index >= 15 is 0 Å². The van der Waals surface area contributed by atoms with Crippen LogP contribution in [0.5, 0.6) is 5.75 Å². The third kappa shape index (κ3) is 3.93. The second-order valence-electron chi connectivity index (χ2n) is 6.23. The summed E-state index contributed by atoms with van der Waals surface area (Å²) in [7, 11) is 1.54. The van der Waals surface area contributed by atoms with Crippen LogP contribution in [0.25, 0.3) is 10.9 Å². The predicted octanol–water partition coefficient (Wildman–Crippen LogP) is 4.92. The van der Waals surface area contributed by atoms with Crippen LogP contribution in [0.15, 0.2) is 54.7 Å². The van der Waals surface area contributed by atoms with E-state index in [0.29, 0.717) is 5.75 Å². The van der Waals surface area contributed by atoms with Crippen LogP contribution in [-0.4, -0.2) is 29.4 Å². The molecule has 146 valence electrons. The molecule has 0 aliphatic rings. The highest BCUT2D eigenvalue weighted by Gasteiger charge is 2.38. The van der Waals surface area contributed by atoms with Crippen molar-refractivity contribution in [3.63, 3.8) is 0 Å².